The van der Waals surface area contributed by atoms with Crippen LogP contribution in [0.1, 0.15) is 24.3 Å². The molecule has 0 aliphatic heterocycles. The third-order valence-electron chi connectivity index (χ3n) is 2.27. The summed E-state index contributed by atoms with van der Waals surface area (Å²) in [5.74, 6) is 0.210. The van der Waals surface area contributed by atoms with E-state index >= 15 is 0 Å². The summed E-state index contributed by atoms with van der Waals surface area (Å²) in [5, 5.41) is 2.88. The first-order valence-electron chi connectivity index (χ1n) is 4.89. The first-order chi connectivity index (χ1) is 7.04. The van der Waals surface area contributed by atoms with Gasteiger partial charge in [-0.25, -0.2) is 0 Å². The number of carbonyl (C=O) groups excluding carboxylic acids is 1. The van der Waals surface area contributed by atoms with Crippen molar-refractivity contribution in [2.75, 3.05) is 6.54 Å². The molecule has 5 heteroatoms. The van der Waals surface area contributed by atoms with Crippen molar-refractivity contribution < 1.29 is 4.79 Å². The van der Waals surface area contributed by atoms with Gasteiger partial charge in [0.25, 0.3) is 5.91 Å². The zero-order valence-electron chi connectivity index (χ0n) is 8.88. The number of amides is 1. The van der Waals surface area contributed by atoms with Gasteiger partial charge in [0.1, 0.15) is 5.69 Å². The summed E-state index contributed by atoms with van der Waals surface area (Å²) in [7, 11) is 0. The van der Waals surface area contributed by atoms with Gasteiger partial charge in [-0.2, -0.15) is 0 Å². The van der Waals surface area contributed by atoms with Crippen LogP contribution >= 0.6 is 15.9 Å². The molecule has 0 radical (unpaired) electrons. The average Bonchev–Trinajstić information content (AvgIpc) is 2.60. The largest absolute Gasteiger partial charge is 0.356 e. The van der Waals surface area contributed by atoms with Crippen LogP contribution in [-0.4, -0.2) is 23.5 Å². The van der Waals surface area contributed by atoms with E-state index in [1.54, 1.807) is 12.3 Å². The van der Waals surface area contributed by atoms with E-state index in [1.165, 1.54) is 0 Å². The predicted molar refractivity (Wildman–Crippen MR) is 63.6 cm³/mol. The molecule has 1 heterocycles. The molecule has 1 aromatic heterocycles. The van der Waals surface area contributed by atoms with E-state index in [2.05, 4.69) is 26.2 Å². The molecule has 0 aliphatic rings. The maximum Gasteiger partial charge on any atom is 0.268 e. The second-order valence-corrected chi connectivity index (χ2v) is 4.71. The van der Waals surface area contributed by atoms with Gasteiger partial charge in [-0.3, -0.25) is 4.79 Å². The summed E-state index contributed by atoms with van der Waals surface area (Å²) in [5.41, 5.74) is 6.11. The molecule has 0 spiro atoms. The van der Waals surface area contributed by atoms with Gasteiger partial charge in [-0.1, -0.05) is 13.8 Å². The fourth-order valence-electron chi connectivity index (χ4n) is 1.24. The van der Waals surface area contributed by atoms with E-state index in [4.69, 9.17) is 5.73 Å². The van der Waals surface area contributed by atoms with Crippen LogP contribution < -0.4 is 11.1 Å². The quantitative estimate of drug-likeness (QED) is 0.778. The lowest BCUT2D eigenvalue weighted by molar-refractivity contribution is 0.0923. The van der Waals surface area contributed by atoms with E-state index in [-0.39, 0.29) is 11.9 Å². The lowest BCUT2D eigenvalue weighted by Crippen LogP contribution is -2.43. The van der Waals surface area contributed by atoms with Crippen LogP contribution in [0.3, 0.4) is 0 Å². The van der Waals surface area contributed by atoms with E-state index in [9.17, 15) is 4.79 Å². The number of carbonyl (C=O) groups is 1. The normalized spacial score (nSPS) is 12.9. The molecule has 1 unspecified atom stereocenters. The highest BCUT2D eigenvalue weighted by Crippen LogP contribution is 2.11. The van der Waals surface area contributed by atoms with Crippen molar-refractivity contribution in [3.05, 3.63) is 22.4 Å². The zero-order valence-corrected chi connectivity index (χ0v) is 10.5. The van der Waals surface area contributed by atoms with Crippen molar-refractivity contribution in [2.24, 2.45) is 11.7 Å². The number of hydrogen-bond acceptors (Lipinski definition) is 2. The van der Waals surface area contributed by atoms with E-state index in [0.717, 1.165) is 4.47 Å². The molecule has 1 aromatic rings. The third kappa shape index (κ3) is 3.35. The molecular formula is C10H16BrN3O. The third-order valence-corrected chi connectivity index (χ3v) is 2.73. The molecule has 0 fully saturated rings. The number of halogens is 1. The molecule has 1 amide bonds. The van der Waals surface area contributed by atoms with Gasteiger partial charge in [0, 0.05) is 23.3 Å². The molecule has 4 N–H and O–H groups in total. The average molecular weight is 274 g/mol. The number of H-pyrrole nitrogens is 1. The van der Waals surface area contributed by atoms with Crippen LogP contribution in [0.2, 0.25) is 0 Å². The van der Waals surface area contributed by atoms with Crippen LogP contribution in [0.15, 0.2) is 16.7 Å². The van der Waals surface area contributed by atoms with Gasteiger partial charge < -0.3 is 16.0 Å². The maximum atomic E-state index is 11.7. The number of aromatic amines is 1. The number of aromatic nitrogens is 1. The van der Waals surface area contributed by atoms with Gasteiger partial charge in [0.2, 0.25) is 0 Å². The van der Waals surface area contributed by atoms with Crippen LogP contribution in [0.25, 0.3) is 0 Å². The van der Waals surface area contributed by atoms with Gasteiger partial charge in [0.15, 0.2) is 0 Å². The summed E-state index contributed by atoms with van der Waals surface area (Å²) < 4.78 is 0.862. The Labute approximate surface area is 97.7 Å². The molecule has 0 bridgehead atoms. The Morgan fingerprint density at radius 1 is 1.67 bits per heavy atom. The topological polar surface area (TPSA) is 70.9 Å². The number of hydrogen-bond donors (Lipinski definition) is 3. The van der Waals surface area contributed by atoms with Crippen molar-refractivity contribution >= 4 is 21.8 Å². The fraction of sp³-hybridized carbons (Fsp3) is 0.500. The molecule has 1 atom stereocenters. The minimum Gasteiger partial charge on any atom is -0.356 e. The summed E-state index contributed by atoms with van der Waals surface area (Å²) >= 11 is 3.28. The predicted octanol–water partition coefficient (Wildman–Crippen LogP) is 1.49. The lowest BCUT2D eigenvalue weighted by atomic mass is 10.0. The molecule has 15 heavy (non-hydrogen) atoms. The standard InChI is InChI=1S/C10H16BrN3O/c1-6(2)9(4-12)14-10(15)8-3-7(11)5-13-8/h3,5-6,9,13H,4,12H2,1-2H3,(H,14,15). The smallest absolute Gasteiger partial charge is 0.268 e. The second-order valence-electron chi connectivity index (χ2n) is 3.79. The Morgan fingerprint density at radius 2 is 2.33 bits per heavy atom. The molecule has 0 saturated heterocycles. The second kappa shape index (κ2) is 5.32. The zero-order chi connectivity index (χ0) is 11.4. The number of nitrogens with two attached hydrogens (primary N) is 1. The molecule has 0 aromatic carbocycles. The highest BCUT2D eigenvalue weighted by Gasteiger charge is 2.16. The Hall–Kier alpha value is -0.810. The molecule has 84 valence electrons. The maximum absolute atomic E-state index is 11.7. The highest BCUT2D eigenvalue weighted by atomic mass is 79.9. The van der Waals surface area contributed by atoms with Crippen molar-refractivity contribution in [1.29, 1.82) is 0 Å². The van der Waals surface area contributed by atoms with Crippen LogP contribution in [0, 0.1) is 5.92 Å². The first-order valence-corrected chi connectivity index (χ1v) is 5.68. The highest BCUT2D eigenvalue weighted by molar-refractivity contribution is 9.10. The van der Waals surface area contributed by atoms with E-state index in [1.807, 2.05) is 13.8 Å². The fourth-order valence-corrected chi connectivity index (χ4v) is 1.59. The van der Waals surface area contributed by atoms with Crippen molar-refractivity contribution in [3.8, 4) is 0 Å². The lowest BCUT2D eigenvalue weighted by Gasteiger charge is -2.19. The molecule has 0 aliphatic carbocycles. The van der Waals surface area contributed by atoms with Gasteiger partial charge >= 0.3 is 0 Å². The number of rotatable bonds is 4. The Morgan fingerprint density at radius 3 is 2.73 bits per heavy atom. The van der Waals surface area contributed by atoms with Crippen molar-refractivity contribution in [2.45, 2.75) is 19.9 Å². The molecule has 4 nitrogen and oxygen atoms in total. The summed E-state index contributed by atoms with van der Waals surface area (Å²) in [6, 6.07) is 1.75. The van der Waals surface area contributed by atoms with Gasteiger partial charge in [-0.15, -0.1) is 0 Å². The number of nitrogens with one attached hydrogen (secondary N) is 2. The summed E-state index contributed by atoms with van der Waals surface area (Å²) in [4.78, 5) is 14.6. The summed E-state index contributed by atoms with van der Waals surface area (Å²) in [6.45, 7) is 4.51. The monoisotopic (exact) mass is 273 g/mol. The Kier molecular flexibility index (Phi) is 4.35. The Balaban J connectivity index is 2.62. The van der Waals surface area contributed by atoms with E-state index in [0.29, 0.717) is 18.2 Å². The van der Waals surface area contributed by atoms with Gasteiger partial charge in [0.05, 0.1) is 0 Å². The summed E-state index contributed by atoms with van der Waals surface area (Å²) in [6.07, 6.45) is 1.72. The first kappa shape index (κ1) is 12.3. The Bertz CT molecular complexity index is 335. The van der Waals surface area contributed by atoms with Crippen LogP contribution in [0.5, 0.6) is 0 Å². The van der Waals surface area contributed by atoms with Crippen LogP contribution in [-0.2, 0) is 0 Å². The molecule has 1 rings (SSSR count). The van der Waals surface area contributed by atoms with Crippen molar-refractivity contribution in [1.82, 2.24) is 10.3 Å². The SMILES string of the molecule is CC(C)C(CN)NC(=O)c1cc(Br)c[nH]1. The van der Waals surface area contributed by atoms with Gasteiger partial charge in [-0.05, 0) is 27.9 Å². The van der Waals surface area contributed by atoms with E-state index < -0.39 is 0 Å². The van der Waals surface area contributed by atoms with Crippen molar-refractivity contribution in [3.63, 3.8) is 0 Å². The van der Waals surface area contributed by atoms with Crippen LogP contribution in [0.4, 0.5) is 0 Å². The molecule has 0 saturated carbocycles. The molecular weight excluding hydrogens is 258 g/mol. The minimum atomic E-state index is -0.121. The minimum absolute atomic E-state index is 0.0135.